The van der Waals surface area contributed by atoms with Gasteiger partial charge in [-0.25, -0.2) is 9.78 Å². The number of pyridine rings is 1. The first-order valence-corrected chi connectivity index (χ1v) is 7.30. The number of halogens is 1. The van der Waals surface area contributed by atoms with E-state index in [2.05, 4.69) is 27.8 Å². The lowest BCUT2D eigenvalue weighted by Gasteiger charge is -2.26. The molecular formula is C14H18BrNO3. The van der Waals surface area contributed by atoms with Crippen molar-refractivity contribution in [2.75, 3.05) is 7.11 Å². The maximum atomic E-state index is 11.6. The topological polar surface area (TPSA) is 48.4 Å². The predicted octanol–water partition coefficient (Wildman–Crippen LogP) is 3.59. The summed E-state index contributed by atoms with van der Waals surface area (Å²) >= 11 is 3.37. The normalized spacial score (nSPS) is 22.9. The molecule has 0 aliphatic heterocycles. The van der Waals surface area contributed by atoms with E-state index < -0.39 is 5.97 Å². The lowest BCUT2D eigenvalue weighted by molar-refractivity contribution is 0.0597. The fraction of sp³-hybridized carbons (Fsp3) is 0.571. The van der Waals surface area contributed by atoms with Crippen LogP contribution in [0.25, 0.3) is 0 Å². The average Bonchev–Trinajstić information content (AvgIpc) is 2.43. The third-order valence-corrected chi connectivity index (χ3v) is 4.27. The summed E-state index contributed by atoms with van der Waals surface area (Å²) in [6, 6.07) is 1.62. The third kappa shape index (κ3) is 3.47. The summed E-state index contributed by atoms with van der Waals surface area (Å²) in [4.78, 5) is 15.8. The fourth-order valence-corrected chi connectivity index (χ4v) is 2.77. The molecule has 0 bridgehead atoms. The smallest absolute Gasteiger partial charge is 0.339 e. The summed E-state index contributed by atoms with van der Waals surface area (Å²) in [7, 11) is 1.36. The summed E-state index contributed by atoms with van der Waals surface area (Å²) in [5.74, 6) is 0.858. The number of carbonyl (C=O) groups excluding carboxylic acids is 1. The zero-order valence-corrected chi connectivity index (χ0v) is 12.8. The van der Waals surface area contributed by atoms with Crippen LogP contribution in [-0.2, 0) is 4.74 Å². The van der Waals surface area contributed by atoms with Crippen LogP contribution in [0.1, 0.15) is 43.0 Å². The van der Waals surface area contributed by atoms with Gasteiger partial charge in [-0.15, -0.1) is 0 Å². The first-order chi connectivity index (χ1) is 9.11. The number of carbonyl (C=O) groups is 1. The zero-order chi connectivity index (χ0) is 13.8. The highest BCUT2D eigenvalue weighted by Crippen LogP contribution is 2.31. The number of esters is 1. The van der Waals surface area contributed by atoms with Gasteiger partial charge in [0.15, 0.2) is 0 Å². The standard InChI is InChI=1S/C14H18BrNO3/c1-9-3-5-10(6-4-9)19-13-12(15)11(7-8-16-13)14(17)18-2/h7-10H,3-6H2,1-2H3. The van der Waals surface area contributed by atoms with Gasteiger partial charge in [-0.1, -0.05) is 6.92 Å². The van der Waals surface area contributed by atoms with Gasteiger partial charge in [-0.3, -0.25) is 0 Å². The van der Waals surface area contributed by atoms with Crippen molar-refractivity contribution in [2.24, 2.45) is 5.92 Å². The summed E-state index contributed by atoms with van der Waals surface area (Å²) in [5.41, 5.74) is 0.441. The molecule has 2 rings (SSSR count). The van der Waals surface area contributed by atoms with Crippen LogP contribution in [0.4, 0.5) is 0 Å². The molecule has 1 fully saturated rings. The Balaban J connectivity index is 2.10. The van der Waals surface area contributed by atoms with Gasteiger partial charge in [0.2, 0.25) is 5.88 Å². The molecule has 0 saturated heterocycles. The zero-order valence-electron chi connectivity index (χ0n) is 11.2. The van der Waals surface area contributed by atoms with E-state index in [4.69, 9.17) is 9.47 Å². The quantitative estimate of drug-likeness (QED) is 0.796. The number of hydrogen-bond donors (Lipinski definition) is 0. The van der Waals surface area contributed by atoms with Gasteiger partial charge in [-0.2, -0.15) is 0 Å². The van der Waals surface area contributed by atoms with Crippen LogP contribution in [0.5, 0.6) is 5.88 Å². The maximum absolute atomic E-state index is 11.6. The minimum Gasteiger partial charge on any atom is -0.474 e. The van der Waals surface area contributed by atoms with Gasteiger partial charge in [-0.05, 0) is 53.6 Å². The Morgan fingerprint density at radius 3 is 2.68 bits per heavy atom. The molecule has 1 aliphatic carbocycles. The van der Waals surface area contributed by atoms with E-state index >= 15 is 0 Å². The number of hydrogen-bond acceptors (Lipinski definition) is 4. The second-order valence-electron chi connectivity index (χ2n) is 4.97. The highest BCUT2D eigenvalue weighted by atomic mass is 79.9. The van der Waals surface area contributed by atoms with Crippen LogP contribution >= 0.6 is 15.9 Å². The molecule has 1 aliphatic rings. The van der Waals surface area contributed by atoms with E-state index in [9.17, 15) is 4.79 Å². The van der Waals surface area contributed by atoms with Crippen molar-refractivity contribution in [3.05, 3.63) is 22.3 Å². The average molecular weight is 328 g/mol. The minimum atomic E-state index is -0.392. The molecule has 1 saturated carbocycles. The first-order valence-electron chi connectivity index (χ1n) is 6.51. The molecule has 0 atom stereocenters. The molecule has 5 heteroatoms. The van der Waals surface area contributed by atoms with E-state index in [1.807, 2.05) is 0 Å². The summed E-state index contributed by atoms with van der Waals surface area (Å²) in [5, 5.41) is 0. The highest BCUT2D eigenvalue weighted by Gasteiger charge is 2.22. The van der Waals surface area contributed by atoms with E-state index in [1.54, 1.807) is 12.3 Å². The Labute approximate surface area is 121 Å². The van der Waals surface area contributed by atoms with Gasteiger partial charge >= 0.3 is 5.97 Å². The van der Waals surface area contributed by atoms with Crippen molar-refractivity contribution in [1.82, 2.24) is 4.98 Å². The Bertz CT molecular complexity index is 456. The van der Waals surface area contributed by atoms with Crippen LogP contribution in [-0.4, -0.2) is 24.2 Å². The van der Waals surface area contributed by atoms with Crippen molar-refractivity contribution in [3.63, 3.8) is 0 Å². The molecule has 0 N–H and O–H groups in total. The Morgan fingerprint density at radius 1 is 1.37 bits per heavy atom. The molecule has 0 radical (unpaired) electrons. The minimum absolute atomic E-state index is 0.188. The fourth-order valence-electron chi connectivity index (χ4n) is 2.28. The number of methoxy groups -OCH3 is 1. The summed E-state index contributed by atoms with van der Waals surface area (Å²) in [6.07, 6.45) is 6.19. The number of aromatic nitrogens is 1. The van der Waals surface area contributed by atoms with Crippen LogP contribution in [0.15, 0.2) is 16.7 Å². The molecule has 0 aromatic carbocycles. The van der Waals surface area contributed by atoms with Gasteiger partial charge in [0.25, 0.3) is 0 Å². The first kappa shape index (κ1) is 14.3. The molecule has 104 valence electrons. The van der Waals surface area contributed by atoms with Gasteiger partial charge in [0.05, 0.1) is 17.1 Å². The molecule has 0 spiro atoms. The van der Waals surface area contributed by atoms with E-state index in [-0.39, 0.29) is 6.10 Å². The number of nitrogens with zero attached hydrogens (tertiary/aromatic N) is 1. The Hall–Kier alpha value is -1.10. The third-order valence-electron chi connectivity index (χ3n) is 3.50. The molecule has 1 heterocycles. The van der Waals surface area contributed by atoms with Gasteiger partial charge in [0, 0.05) is 6.20 Å². The largest absolute Gasteiger partial charge is 0.474 e. The van der Waals surface area contributed by atoms with E-state index in [0.717, 1.165) is 18.8 Å². The van der Waals surface area contributed by atoms with Crippen molar-refractivity contribution in [2.45, 2.75) is 38.7 Å². The maximum Gasteiger partial charge on any atom is 0.339 e. The number of ether oxygens (including phenoxy) is 2. The van der Waals surface area contributed by atoms with Gasteiger partial charge in [0.1, 0.15) is 6.10 Å². The molecular weight excluding hydrogens is 310 g/mol. The molecule has 0 amide bonds. The van der Waals surface area contributed by atoms with Crippen molar-refractivity contribution in [3.8, 4) is 5.88 Å². The van der Waals surface area contributed by atoms with Crippen LogP contribution in [0, 0.1) is 5.92 Å². The van der Waals surface area contributed by atoms with Crippen LogP contribution in [0.3, 0.4) is 0 Å². The highest BCUT2D eigenvalue weighted by molar-refractivity contribution is 9.10. The van der Waals surface area contributed by atoms with E-state index in [1.165, 1.54) is 20.0 Å². The number of rotatable bonds is 3. The summed E-state index contributed by atoms with van der Waals surface area (Å²) in [6.45, 7) is 2.27. The second kappa shape index (κ2) is 6.37. The molecule has 19 heavy (non-hydrogen) atoms. The van der Waals surface area contributed by atoms with Crippen molar-refractivity contribution in [1.29, 1.82) is 0 Å². The SMILES string of the molecule is COC(=O)c1ccnc(OC2CCC(C)CC2)c1Br. The lowest BCUT2D eigenvalue weighted by Crippen LogP contribution is -2.23. The lowest BCUT2D eigenvalue weighted by atomic mass is 9.89. The molecule has 1 aromatic heterocycles. The monoisotopic (exact) mass is 327 g/mol. The second-order valence-corrected chi connectivity index (χ2v) is 5.76. The van der Waals surface area contributed by atoms with Crippen molar-refractivity contribution < 1.29 is 14.3 Å². The van der Waals surface area contributed by atoms with Crippen LogP contribution in [0.2, 0.25) is 0 Å². The summed E-state index contributed by atoms with van der Waals surface area (Å²) < 4.78 is 11.2. The molecule has 1 aromatic rings. The van der Waals surface area contributed by atoms with Gasteiger partial charge < -0.3 is 9.47 Å². The Kier molecular flexibility index (Phi) is 4.80. The van der Waals surface area contributed by atoms with E-state index in [0.29, 0.717) is 15.9 Å². The van der Waals surface area contributed by atoms with Crippen molar-refractivity contribution >= 4 is 21.9 Å². The predicted molar refractivity (Wildman–Crippen MR) is 75.3 cm³/mol. The molecule has 0 unspecified atom stereocenters. The van der Waals surface area contributed by atoms with Crippen LogP contribution < -0.4 is 4.74 Å². The molecule has 4 nitrogen and oxygen atoms in total. The Morgan fingerprint density at radius 2 is 2.05 bits per heavy atom.